The molecule has 2 aromatic rings. The number of carbonyl (C=O) groups is 1. The van der Waals surface area contributed by atoms with E-state index in [-0.39, 0.29) is 5.91 Å². The van der Waals surface area contributed by atoms with E-state index >= 15 is 0 Å². The second-order valence-electron chi connectivity index (χ2n) is 8.66. The third kappa shape index (κ3) is 4.02. The molecule has 2 aliphatic rings. The van der Waals surface area contributed by atoms with Gasteiger partial charge in [-0.25, -0.2) is 9.97 Å². The summed E-state index contributed by atoms with van der Waals surface area (Å²) < 4.78 is 0. The number of nitrogens with one attached hydrogen (secondary N) is 1. The van der Waals surface area contributed by atoms with E-state index in [1.54, 1.807) is 0 Å². The van der Waals surface area contributed by atoms with Crippen molar-refractivity contribution in [2.24, 2.45) is 5.92 Å². The lowest BCUT2D eigenvalue weighted by atomic mass is 9.99. The van der Waals surface area contributed by atoms with Gasteiger partial charge >= 0.3 is 0 Å². The lowest BCUT2D eigenvalue weighted by Crippen LogP contribution is -2.34. The summed E-state index contributed by atoms with van der Waals surface area (Å²) in [5.74, 6) is 2.66. The van der Waals surface area contributed by atoms with Crippen LogP contribution in [0.5, 0.6) is 0 Å². The molecule has 1 N–H and O–H groups in total. The second kappa shape index (κ2) is 8.36. The van der Waals surface area contributed by atoms with E-state index in [1.807, 2.05) is 6.92 Å². The van der Waals surface area contributed by atoms with Gasteiger partial charge in [-0.3, -0.25) is 4.79 Å². The molecule has 0 aromatic carbocycles. The molecule has 3 heterocycles. The van der Waals surface area contributed by atoms with Crippen LogP contribution in [-0.4, -0.2) is 35.0 Å². The number of carbonyl (C=O) groups excluding carboxylic acids is 1. The number of rotatable bonds is 3. The summed E-state index contributed by atoms with van der Waals surface area (Å²) in [6, 6.07) is 0.315. The van der Waals surface area contributed by atoms with Crippen LogP contribution in [0.1, 0.15) is 79.3 Å². The zero-order valence-electron chi connectivity index (χ0n) is 17.4. The second-order valence-corrected chi connectivity index (χ2v) is 9.66. The van der Waals surface area contributed by atoms with Gasteiger partial charge in [0.2, 0.25) is 0 Å². The number of hydrogen-bond donors (Lipinski definition) is 1. The molecular formula is C22H32N4OS. The van der Waals surface area contributed by atoms with Crippen molar-refractivity contribution >= 4 is 33.3 Å². The summed E-state index contributed by atoms with van der Waals surface area (Å²) in [5.41, 5.74) is 1.04. The minimum Gasteiger partial charge on any atom is -0.356 e. The Balaban J connectivity index is 1.64. The summed E-state index contributed by atoms with van der Waals surface area (Å²) in [4.78, 5) is 26.7. The third-order valence-electron chi connectivity index (χ3n) is 6.36. The van der Waals surface area contributed by atoms with Crippen molar-refractivity contribution in [3.63, 3.8) is 0 Å². The molecule has 2 fully saturated rings. The molecule has 152 valence electrons. The van der Waals surface area contributed by atoms with Gasteiger partial charge in [0, 0.05) is 19.1 Å². The minimum absolute atomic E-state index is 0.0725. The maximum atomic E-state index is 13.1. The van der Waals surface area contributed by atoms with Crippen molar-refractivity contribution in [2.75, 3.05) is 18.0 Å². The van der Waals surface area contributed by atoms with Gasteiger partial charge in [0.15, 0.2) is 0 Å². The predicted octanol–water partition coefficient (Wildman–Crippen LogP) is 5.00. The molecule has 28 heavy (non-hydrogen) atoms. The Hall–Kier alpha value is -1.69. The first kappa shape index (κ1) is 19.6. The van der Waals surface area contributed by atoms with Crippen LogP contribution in [0.4, 0.5) is 5.82 Å². The number of nitrogens with zero attached hydrogens (tertiary/aromatic N) is 3. The fourth-order valence-corrected chi connectivity index (χ4v) is 5.69. The van der Waals surface area contributed by atoms with Gasteiger partial charge in [-0.2, -0.15) is 0 Å². The van der Waals surface area contributed by atoms with Crippen LogP contribution in [0.25, 0.3) is 10.2 Å². The molecule has 5 nitrogen and oxygen atoms in total. The van der Waals surface area contributed by atoms with Crippen molar-refractivity contribution in [1.29, 1.82) is 0 Å². The number of piperidine rings is 1. The van der Waals surface area contributed by atoms with Gasteiger partial charge in [-0.15, -0.1) is 11.3 Å². The largest absolute Gasteiger partial charge is 0.356 e. The maximum absolute atomic E-state index is 13.1. The zero-order valence-corrected chi connectivity index (χ0v) is 18.2. The molecule has 2 aromatic heterocycles. The first-order valence-corrected chi connectivity index (χ1v) is 11.7. The highest BCUT2D eigenvalue weighted by atomic mass is 32.1. The van der Waals surface area contributed by atoms with E-state index in [0.717, 1.165) is 64.1 Å². The average molecular weight is 401 g/mol. The lowest BCUT2D eigenvalue weighted by molar-refractivity contribution is 0.0937. The summed E-state index contributed by atoms with van der Waals surface area (Å²) in [6.07, 6.45) is 9.63. The van der Waals surface area contributed by atoms with E-state index in [2.05, 4.69) is 29.0 Å². The third-order valence-corrected chi connectivity index (χ3v) is 7.55. The smallest absolute Gasteiger partial charge is 0.261 e. The lowest BCUT2D eigenvalue weighted by Gasteiger charge is -2.31. The van der Waals surface area contributed by atoms with E-state index in [4.69, 9.17) is 4.98 Å². The molecular weight excluding hydrogens is 368 g/mol. The summed E-state index contributed by atoms with van der Waals surface area (Å²) in [7, 11) is 0. The first-order valence-electron chi connectivity index (χ1n) is 10.9. The molecule has 1 saturated heterocycles. The zero-order chi connectivity index (χ0) is 19.7. The molecule has 1 saturated carbocycles. The van der Waals surface area contributed by atoms with Crippen LogP contribution in [0, 0.1) is 19.8 Å². The normalized spacial score (nSPS) is 19.8. The molecule has 1 amide bonds. The number of aromatic nitrogens is 2. The monoisotopic (exact) mass is 400 g/mol. The summed E-state index contributed by atoms with van der Waals surface area (Å²) in [6.45, 7) is 8.41. The van der Waals surface area contributed by atoms with Crippen molar-refractivity contribution in [3.05, 3.63) is 16.3 Å². The number of aryl methyl sites for hydroxylation is 2. The summed E-state index contributed by atoms with van der Waals surface area (Å²) in [5, 5.41) is 4.39. The molecule has 0 radical (unpaired) electrons. The Bertz CT molecular complexity index is 846. The van der Waals surface area contributed by atoms with Gasteiger partial charge in [-0.05, 0) is 51.0 Å². The van der Waals surface area contributed by atoms with E-state index < -0.39 is 0 Å². The topological polar surface area (TPSA) is 58.1 Å². The van der Waals surface area contributed by atoms with Crippen molar-refractivity contribution in [2.45, 2.75) is 78.2 Å². The molecule has 6 heteroatoms. The number of thiophene rings is 1. The Morgan fingerprint density at radius 2 is 1.71 bits per heavy atom. The van der Waals surface area contributed by atoms with Crippen molar-refractivity contribution in [1.82, 2.24) is 15.3 Å². The van der Waals surface area contributed by atoms with Crippen LogP contribution in [0.15, 0.2) is 0 Å². The molecule has 1 aliphatic heterocycles. The Morgan fingerprint density at radius 3 is 2.39 bits per heavy atom. The minimum atomic E-state index is 0.0725. The highest BCUT2D eigenvalue weighted by Gasteiger charge is 2.26. The number of amides is 1. The van der Waals surface area contributed by atoms with Crippen molar-refractivity contribution < 1.29 is 4.79 Å². The van der Waals surface area contributed by atoms with Gasteiger partial charge < -0.3 is 10.2 Å². The van der Waals surface area contributed by atoms with Crippen LogP contribution < -0.4 is 10.2 Å². The maximum Gasteiger partial charge on any atom is 0.261 e. The van der Waals surface area contributed by atoms with E-state index in [9.17, 15) is 4.79 Å². The Labute approximate surface area is 171 Å². The van der Waals surface area contributed by atoms with E-state index in [1.165, 1.54) is 49.9 Å². The average Bonchev–Trinajstić information content (AvgIpc) is 2.83. The molecule has 0 spiro atoms. The van der Waals surface area contributed by atoms with Crippen LogP contribution in [0.2, 0.25) is 0 Å². The number of anilines is 1. The van der Waals surface area contributed by atoms with Gasteiger partial charge in [0.05, 0.1) is 10.3 Å². The van der Waals surface area contributed by atoms with Crippen LogP contribution in [-0.2, 0) is 0 Å². The highest BCUT2D eigenvalue weighted by molar-refractivity contribution is 7.20. The van der Waals surface area contributed by atoms with E-state index in [0.29, 0.717) is 6.04 Å². The fourth-order valence-electron chi connectivity index (χ4n) is 4.56. The molecule has 0 unspecified atom stereocenters. The van der Waals surface area contributed by atoms with Gasteiger partial charge in [-0.1, -0.05) is 32.6 Å². The standard InChI is InChI=1S/C22H32N4OS/c1-14-10-12-26(13-11-14)20-18-15(2)19(28-22(18)24-16(3)23-20)21(27)25-17-8-6-4-5-7-9-17/h14,17H,4-13H2,1-3H3,(H,25,27). The van der Waals surface area contributed by atoms with Gasteiger partial charge in [0.25, 0.3) is 5.91 Å². The highest BCUT2D eigenvalue weighted by Crippen LogP contribution is 2.37. The Kier molecular flexibility index (Phi) is 5.85. The van der Waals surface area contributed by atoms with Crippen LogP contribution in [0.3, 0.4) is 0 Å². The fraction of sp³-hybridized carbons (Fsp3) is 0.682. The molecule has 0 bridgehead atoms. The molecule has 0 atom stereocenters. The SMILES string of the molecule is Cc1nc(N2CCC(C)CC2)c2c(C)c(C(=O)NC3CCCCCC3)sc2n1. The first-order chi connectivity index (χ1) is 13.5. The quantitative estimate of drug-likeness (QED) is 0.737. The molecule has 4 rings (SSSR count). The predicted molar refractivity (Wildman–Crippen MR) is 116 cm³/mol. The number of fused-ring (bicyclic) bond motifs is 1. The Morgan fingerprint density at radius 1 is 1.04 bits per heavy atom. The van der Waals surface area contributed by atoms with Crippen molar-refractivity contribution in [3.8, 4) is 0 Å². The van der Waals surface area contributed by atoms with Gasteiger partial charge in [0.1, 0.15) is 16.5 Å². The number of hydrogen-bond acceptors (Lipinski definition) is 5. The summed E-state index contributed by atoms with van der Waals surface area (Å²) >= 11 is 1.53. The molecule has 1 aliphatic carbocycles. The van der Waals surface area contributed by atoms with Crippen LogP contribution >= 0.6 is 11.3 Å².